The number of likely N-dealkylation sites (tertiary alicyclic amines) is 1. The standard InChI is InChI=1S/C25H37N3O5/c1-17(2)13-21(27-25(32)33-16-19-9-6-5-7-10-19)23(30)26-22(14-18(3)4)24(31)28-12-8-11-20(28)15-29/h5-7,9-10,15,17-18,20-22H,8,11-14,16H2,1-4H3,(H,26,30)(H,27,32)/t20-,21-,22-/m0/s1. The topological polar surface area (TPSA) is 105 Å². The number of ether oxygens (including phenoxy) is 1. The van der Waals surface area contributed by atoms with E-state index in [1.165, 1.54) is 0 Å². The lowest BCUT2D eigenvalue weighted by molar-refractivity contribution is -0.139. The number of alkyl carbamates (subject to hydrolysis) is 1. The third-order valence-electron chi connectivity index (χ3n) is 5.59. The summed E-state index contributed by atoms with van der Waals surface area (Å²) in [5, 5.41) is 5.49. The van der Waals surface area contributed by atoms with Crippen LogP contribution in [0, 0.1) is 11.8 Å². The van der Waals surface area contributed by atoms with Crippen LogP contribution in [-0.4, -0.2) is 53.8 Å². The van der Waals surface area contributed by atoms with Crippen LogP contribution in [0.5, 0.6) is 0 Å². The summed E-state index contributed by atoms with van der Waals surface area (Å²) < 4.78 is 5.27. The lowest BCUT2D eigenvalue weighted by atomic mass is 9.99. The average Bonchev–Trinajstić information content (AvgIpc) is 3.25. The lowest BCUT2D eigenvalue weighted by Gasteiger charge is -2.29. The summed E-state index contributed by atoms with van der Waals surface area (Å²) in [6.45, 7) is 8.45. The van der Waals surface area contributed by atoms with Crippen molar-refractivity contribution in [3.63, 3.8) is 0 Å². The number of hydrogen-bond acceptors (Lipinski definition) is 5. The van der Waals surface area contributed by atoms with Crippen LogP contribution in [0.25, 0.3) is 0 Å². The Balaban J connectivity index is 2.05. The molecule has 0 bridgehead atoms. The maximum atomic E-state index is 13.2. The fourth-order valence-corrected chi connectivity index (χ4v) is 3.98. The zero-order chi connectivity index (χ0) is 24.4. The van der Waals surface area contributed by atoms with Crippen LogP contribution in [0.1, 0.15) is 58.9 Å². The Kier molecular flexibility index (Phi) is 10.4. The van der Waals surface area contributed by atoms with E-state index in [-0.39, 0.29) is 24.3 Å². The number of hydrogen-bond donors (Lipinski definition) is 2. The smallest absolute Gasteiger partial charge is 0.408 e. The molecule has 0 saturated carbocycles. The predicted octanol–water partition coefficient (Wildman–Crippen LogP) is 3.05. The molecule has 1 aromatic rings. The summed E-state index contributed by atoms with van der Waals surface area (Å²) in [6.07, 6.45) is 2.36. The lowest BCUT2D eigenvalue weighted by Crippen LogP contribution is -2.55. The van der Waals surface area contributed by atoms with E-state index in [9.17, 15) is 19.2 Å². The predicted molar refractivity (Wildman–Crippen MR) is 125 cm³/mol. The van der Waals surface area contributed by atoms with Gasteiger partial charge in [-0.05, 0) is 43.1 Å². The van der Waals surface area contributed by atoms with Crippen molar-refractivity contribution in [2.45, 2.75) is 78.1 Å². The Morgan fingerprint density at radius 2 is 1.67 bits per heavy atom. The van der Waals surface area contributed by atoms with Crippen molar-refractivity contribution in [3.8, 4) is 0 Å². The number of carbonyl (C=O) groups excluding carboxylic acids is 4. The third-order valence-corrected chi connectivity index (χ3v) is 5.59. The van der Waals surface area contributed by atoms with E-state index >= 15 is 0 Å². The summed E-state index contributed by atoms with van der Waals surface area (Å²) in [5.41, 5.74) is 0.843. The second-order valence-electron chi connectivity index (χ2n) is 9.46. The van der Waals surface area contributed by atoms with Crippen LogP contribution in [-0.2, 0) is 25.7 Å². The van der Waals surface area contributed by atoms with Crippen molar-refractivity contribution in [2.75, 3.05) is 6.54 Å². The first kappa shape index (κ1) is 26.4. The van der Waals surface area contributed by atoms with Crippen LogP contribution in [0.3, 0.4) is 0 Å². The highest BCUT2D eigenvalue weighted by Gasteiger charge is 2.35. The van der Waals surface area contributed by atoms with Crippen LogP contribution in [0.4, 0.5) is 4.79 Å². The molecule has 0 unspecified atom stereocenters. The number of aldehydes is 1. The van der Waals surface area contributed by atoms with E-state index in [0.717, 1.165) is 18.3 Å². The van der Waals surface area contributed by atoms with Crippen molar-refractivity contribution in [2.24, 2.45) is 11.8 Å². The van der Waals surface area contributed by atoms with Crippen molar-refractivity contribution >= 4 is 24.2 Å². The Labute approximate surface area is 196 Å². The summed E-state index contributed by atoms with van der Waals surface area (Å²) in [7, 11) is 0. The highest BCUT2D eigenvalue weighted by Crippen LogP contribution is 2.19. The Morgan fingerprint density at radius 1 is 1.03 bits per heavy atom. The van der Waals surface area contributed by atoms with Crippen molar-refractivity contribution in [1.82, 2.24) is 15.5 Å². The number of nitrogens with zero attached hydrogens (tertiary/aromatic N) is 1. The van der Waals surface area contributed by atoms with Gasteiger partial charge in [0, 0.05) is 6.54 Å². The van der Waals surface area contributed by atoms with Crippen LogP contribution in [0.2, 0.25) is 0 Å². The molecule has 3 atom stereocenters. The SMILES string of the molecule is CC(C)C[C@H](NC(=O)OCc1ccccc1)C(=O)N[C@@H](CC(C)C)C(=O)N1CCC[C@H]1C=O. The van der Waals surface area contributed by atoms with Gasteiger partial charge in [-0.25, -0.2) is 4.79 Å². The molecule has 1 aromatic carbocycles. The minimum atomic E-state index is -0.837. The molecule has 1 aliphatic heterocycles. The highest BCUT2D eigenvalue weighted by molar-refractivity contribution is 5.92. The van der Waals surface area contributed by atoms with E-state index in [0.29, 0.717) is 25.8 Å². The molecule has 0 spiro atoms. The molecule has 0 aromatic heterocycles. The largest absolute Gasteiger partial charge is 0.445 e. The van der Waals surface area contributed by atoms with E-state index in [2.05, 4.69) is 10.6 Å². The number of carbonyl (C=O) groups is 4. The summed E-state index contributed by atoms with van der Waals surface area (Å²) in [6, 6.07) is 7.24. The first-order chi connectivity index (χ1) is 15.7. The van der Waals surface area contributed by atoms with Gasteiger partial charge >= 0.3 is 6.09 Å². The average molecular weight is 460 g/mol. The fourth-order valence-electron chi connectivity index (χ4n) is 3.98. The monoisotopic (exact) mass is 459 g/mol. The molecule has 182 valence electrons. The molecule has 0 radical (unpaired) electrons. The van der Waals surface area contributed by atoms with Gasteiger partial charge in [0.1, 0.15) is 25.0 Å². The molecule has 1 heterocycles. The van der Waals surface area contributed by atoms with Crippen LogP contribution in [0.15, 0.2) is 30.3 Å². The normalized spacial score (nSPS) is 17.5. The van der Waals surface area contributed by atoms with Gasteiger partial charge < -0.3 is 25.1 Å². The zero-order valence-corrected chi connectivity index (χ0v) is 20.1. The zero-order valence-electron chi connectivity index (χ0n) is 20.1. The number of benzene rings is 1. The van der Waals surface area contributed by atoms with Gasteiger partial charge in [-0.2, -0.15) is 0 Å². The van der Waals surface area contributed by atoms with E-state index in [1.54, 1.807) is 4.90 Å². The Morgan fingerprint density at radius 3 is 2.27 bits per heavy atom. The van der Waals surface area contributed by atoms with Gasteiger partial charge in [-0.15, -0.1) is 0 Å². The molecule has 33 heavy (non-hydrogen) atoms. The van der Waals surface area contributed by atoms with Gasteiger partial charge in [0.15, 0.2) is 0 Å². The Hall–Kier alpha value is -2.90. The first-order valence-electron chi connectivity index (χ1n) is 11.7. The molecular formula is C25H37N3O5. The number of rotatable bonds is 11. The molecule has 3 amide bonds. The van der Waals surface area contributed by atoms with E-state index in [4.69, 9.17) is 4.74 Å². The molecule has 2 N–H and O–H groups in total. The first-order valence-corrected chi connectivity index (χ1v) is 11.7. The van der Waals surface area contributed by atoms with Crippen molar-refractivity contribution < 1.29 is 23.9 Å². The van der Waals surface area contributed by atoms with Gasteiger partial charge in [0.05, 0.1) is 6.04 Å². The second kappa shape index (κ2) is 13.0. The molecule has 1 aliphatic rings. The van der Waals surface area contributed by atoms with E-state index < -0.39 is 30.1 Å². The molecular weight excluding hydrogens is 422 g/mol. The van der Waals surface area contributed by atoms with Crippen LogP contribution < -0.4 is 10.6 Å². The van der Waals surface area contributed by atoms with Gasteiger partial charge in [-0.3, -0.25) is 9.59 Å². The van der Waals surface area contributed by atoms with Crippen LogP contribution >= 0.6 is 0 Å². The maximum Gasteiger partial charge on any atom is 0.408 e. The minimum absolute atomic E-state index is 0.0964. The quantitative estimate of drug-likeness (QED) is 0.495. The number of nitrogens with one attached hydrogen (secondary N) is 2. The number of amides is 3. The molecule has 8 nitrogen and oxygen atoms in total. The summed E-state index contributed by atoms with van der Waals surface area (Å²) in [4.78, 5) is 51.6. The molecule has 1 saturated heterocycles. The van der Waals surface area contributed by atoms with Crippen molar-refractivity contribution in [3.05, 3.63) is 35.9 Å². The minimum Gasteiger partial charge on any atom is -0.445 e. The van der Waals surface area contributed by atoms with Crippen molar-refractivity contribution in [1.29, 1.82) is 0 Å². The second-order valence-corrected chi connectivity index (χ2v) is 9.46. The molecule has 0 aliphatic carbocycles. The molecule has 2 rings (SSSR count). The summed E-state index contributed by atoms with van der Waals surface area (Å²) >= 11 is 0. The maximum absolute atomic E-state index is 13.2. The fraction of sp³-hybridized carbons (Fsp3) is 0.600. The molecule has 8 heteroatoms. The molecule has 1 fully saturated rings. The highest BCUT2D eigenvalue weighted by atomic mass is 16.5. The van der Waals surface area contributed by atoms with E-state index in [1.807, 2.05) is 58.0 Å². The Bertz CT molecular complexity index is 796. The van der Waals surface area contributed by atoms with Gasteiger partial charge in [-0.1, -0.05) is 58.0 Å². The summed E-state index contributed by atoms with van der Waals surface area (Å²) in [5.74, 6) is -0.390. The third kappa shape index (κ3) is 8.51. The van der Waals surface area contributed by atoms with Gasteiger partial charge in [0.2, 0.25) is 11.8 Å². The van der Waals surface area contributed by atoms with Gasteiger partial charge in [0.25, 0.3) is 0 Å².